The van der Waals surface area contributed by atoms with E-state index in [4.69, 9.17) is 4.74 Å². The predicted molar refractivity (Wildman–Crippen MR) is 130 cm³/mol. The second kappa shape index (κ2) is 8.88. The molecule has 5 rings (SSSR count). The number of benzene rings is 2. The van der Waals surface area contributed by atoms with Gasteiger partial charge in [-0.1, -0.05) is 48.0 Å². The van der Waals surface area contributed by atoms with E-state index in [1.165, 1.54) is 11.6 Å². The fourth-order valence-electron chi connectivity index (χ4n) is 4.30. The maximum Gasteiger partial charge on any atom is 0.333 e. The van der Waals surface area contributed by atoms with E-state index in [0.717, 1.165) is 21.4 Å². The summed E-state index contributed by atoms with van der Waals surface area (Å²) in [7, 11) is 1.50. The van der Waals surface area contributed by atoms with Crippen LogP contribution in [0.5, 0.6) is 0 Å². The minimum atomic E-state index is -0.762. The van der Waals surface area contributed by atoms with Gasteiger partial charge in [-0.2, -0.15) is 4.98 Å². The lowest BCUT2D eigenvalue weighted by molar-refractivity contribution is -0.145. The Morgan fingerprint density at radius 2 is 1.80 bits per heavy atom. The molecule has 0 saturated heterocycles. The highest BCUT2D eigenvalue weighted by molar-refractivity contribution is 5.77. The molecule has 2 aromatic heterocycles. The minimum Gasteiger partial charge on any atom is -0.459 e. The van der Waals surface area contributed by atoms with Crippen molar-refractivity contribution in [3.63, 3.8) is 0 Å². The monoisotopic (exact) mass is 475 g/mol. The summed E-state index contributed by atoms with van der Waals surface area (Å²) in [5.41, 5.74) is 1.70. The molecule has 0 radical (unpaired) electrons. The number of aliphatic hydroxyl groups is 1. The van der Waals surface area contributed by atoms with Crippen molar-refractivity contribution in [1.82, 2.24) is 18.7 Å². The van der Waals surface area contributed by atoms with Crippen LogP contribution < -0.4 is 16.1 Å². The lowest BCUT2D eigenvalue weighted by Gasteiger charge is -2.32. The van der Waals surface area contributed by atoms with Gasteiger partial charge < -0.3 is 19.3 Å². The molecule has 0 aliphatic carbocycles. The average molecular weight is 476 g/mol. The zero-order valence-corrected chi connectivity index (χ0v) is 19.4. The fraction of sp³-hybridized carbons (Fsp3) is 0.280. The Labute approximate surface area is 200 Å². The normalized spacial score (nSPS) is 15.3. The number of fused-ring (bicyclic) bond motifs is 3. The Morgan fingerprint density at radius 3 is 2.51 bits per heavy atom. The standard InChI is InChI=1S/C25H25N5O5/c1-16-8-10-18(11-9-16)28-12-19(31)13-29-21-22(26-24(28)29)27(2)25(34)30(23(21)33)14-20(32)35-15-17-6-4-3-5-7-17/h3-11,19,31H,12-15H2,1-2H3/t19-/m0/s1. The number of esters is 1. The number of aromatic nitrogens is 4. The second-order valence-electron chi connectivity index (χ2n) is 8.67. The summed E-state index contributed by atoms with van der Waals surface area (Å²) >= 11 is 0. The Hall–Kier alpha value is -4.18. The molecule has 0 bridgehead atoms. The molecule has 0 saturated carbocycles. The zero-order valence-electron chi connectivity index (χ0n) is 19.4. The van der Waals surface area contributed by atoms with Crippen LogP contribution in [0.15, 0.2) is 64.2 Å². The molecule has 35 heavy (non-hydrogen) atoms. The lowest BCUT2D eigenvalue weighted by Crippen LogP contribution is -2.43. The van der Waals surface area contributed by atoms with Crippen LogP contribution in [0.4, 0.5) is 11.6 Å². The number of carbonyl (C=O) groups is 1. The van der Waals surface area contributed by atoms with Crippen molar-refractivity contribution in [2.45, 2.75) is 32.7 Å². The van der Waals surface area contributed by atoms with E-state index in [1.54, 1.807) is 4.57 Å². The number of β-amino-alcohol motifs (C(OH)–C–C–N with tert-alkyl or cyclic N) is 1. The molecule has 180 valence electrons. The van der Waals surface area contributed by atoms with Gasteiger partial charge in [-0.3, -0.25) is 14.2 Å². The highest BCUT2D eigenvalue weighted by atomic mass is 16.5. The van der Waals surface area contributed by atoms with Crippen molar-refractivity contribution in [3.8, 4) is 0 Å². The molecular weight excluding hydrogens is 450 g/mol. The Bertz CT molecular complexity index is 1520. The zero-order chi connectivity index (χ0) is 24.7. The van der Waals surface area contributed by atoms with Crippen LogP contribution in [0.25, 0.3) is 11.2 Å². The van der Waals surface area contributed by atoms with Crippen molar-refractivity contribution in [1.29, 1.82) is 0 Å². The first-order chi connectivity index (χ1) is 16.8. The molecule has 10 nitrogen and oxygen atoms in total. The van der Waals surface area contributed by atoms with E-state index in [-0.39, 0.29) is 24.3 Å². The quantitative estimate of drug-likeness (QED) is 0.435. The van der Waals surface area contributed by atoms with Crippen LogP contribution >= 0.6 is 0 Å². The number of ether oxygens (including phenoxy) is 1. The lowest BCUT2D eigenvalue weighted by atomic mass is 10.2. The van der Waals surface area contributed by atoms with Crippen LogP contribution in [-0.4, -0.2) is 42.4 Å². The van der Waals surface area contributed by atoms with Crippen LogP contribution in [0.2, 0.25) is 0 Å². The maximum absolute atomic E-state index is 13.4. The molecule has 1 aliphatic heterocycles. The van der Waals surface area contributed by atoms with Crippen LogP contribution in [-0.2, 0) is 36.3 Å². The van der Waals surface area contributed by atoms with Gasteiger partial charge in [-0.05, 0) is 24.6 Å². The third-order valence-electron chi connectivity index (χ3n) is 6.12. The molecule has 0 amide bonds. The molecule has 0 fully saturated rings. The number of anilines is 2. The van der Waals surface area contributed by atoms with Gasteiger partial charge in [0.15, 0.2) is 11.2 Å². The SMILES string of the molecule is Cc1ccc(N2C[C@H](O)Cn3c2nc2c3c(=O)n(CC(=O)OCc3ccccc3)c(=O)n2C)cc1. The number of aryl methyl sites for hydroxylation is 2. The van der Waals surface area contributed by atoms with Crippen molar-refractivity contribution in [2.75, 3.05) is 11.4 Å². The first-order valence-electron chi connectivity index (χ1n) is 11.3. The van der Waals surface area contributed by atoms with Crippen molar-refractivity contribution in [3.05, 3.63) is 86.6 Å². The molecular formula is C25H25N5O5. The van der Waals surface area contributed by atoms with Gasteiger partial charge in [0.25, 0.3) is 5.56 Å². The van der Waals surface area contributed by atoms with Gasteiger partial charge in [0.05, 0.1) is 19.2 Å². The van der Waals surface area contributed by atoms with Gasteiger partial charge in [0.2, 0.25) is 5.95 Å². The molecule has 0 unspecified atom stereocenters. The largest absolute Gasteiger partial charge is 0.459 e. The van der Waals surface area contributed by atoms with Gasteiger partial charge in [0, 0.05) is 12.7 Å². The third-order valence-corrected chi connectivity index (χ3v) is 6.12. The molecule has 1 atom stereocenters. The first kappa shape index (κ1) is 22.6. The molecule has 10 heteroatoms. The summed E-state index contributed by atoms with van der Waals surface area (Å²) in [5, 5.41) is 10.6. The van der Waals surface area contributed by atoms with Gasteiger partial charge in [-0.25, -0.2) is 9.36 Å². The number of rotatable bonds is 5. The van der Waals surface area contributed by atoms with E-state index in [2.05, 4.69) is 4.98 Å². The number of hydrogen-bond donors (Lipinski definition) is 1. The Morgan fingerprint density at radius 1 is 1.09 bits per heavy atom. The molecule has 2 aromatic carbocycles. The summed E-state index contributed by atoms with van der Waals surface area (Å²) in [4.78, 5) is 45.3. The number of hydrogen-bond acceptors (Lipinski definition) is 7. The third kappa shape index (κ3) is 4.12. The van der Waals surface area contributed by atoms with E-state index >= 15 is 0 Å². The summed E-state index contributed by atoms with van der Waals surface area (Å²) < 4.78 is 8.97. The fourth-order valence-corrected chi connectivity index (χ4v) is 4.30. The number of nitrogens with zero attached hydrogens (tertiary/aromatic N) is 5. The van der Waals surface area contributed by atoms with Crippen LogP contribution in [0.3, 0.4) is 0 Å². The topological polar surface area (TPSA) is 112 Å². The van der Waals surface area contributed by atoms with Crippen molar-refractivity contribution >= 4 is 28.8 Å². The molecule has 4 aromatic rings. The van der Waals surface area contributed by atoms with Crippen molar-refractivity contribution < 1.29 is 14.6 Å². The Kier molecular flexibility index (Phi) is 5.73. The highest BCUT2D eigenvalue weighted by Crippen LogP contribution is 2.31. The molecule has 1 aliphatic rings. The van der Waals surface area contributed by atoms with E-state index in [1.807, 2.05) is 66.4 Å². The van der Waals surface area contributed by atoms with Gasteiger partial charge >= 0.3 is 11.7 Å². The van der Waals surface area contributed by atoms with Gasteiger partial charge in [-0.15, -0.1) is 0 Å². The van der Waals surface area contributed by atoms with E-state index in [0.29, 0.717) is 12.5 Å². The second-order valence-corrected chi connectivity index (χ2v) is 8.67. The van der Waals surface area contributed by atoms with Crippen LogP contribution in [0.1, 0.15) is 11.1 Å². The first-order valence-corrected chi connectivity index (χ1v) is 11.3. The maximum atomic E-state index is 13.4. The van der Waals surface area contributed by atoms with Crippen molar-refractivity contribution in [2.24, 2.45) is 7.05 Å². The summed E-state index contributed by atoms with van der Waals surface area (Å²) in [6, 6.07) is 16.9. The number of aliphatic hydroxyl groups excluding tert-OH is 1. The van der Waals surface area contributed by atoms with E-state index in [9.17, 15) is 19.5 Å². The highest BCUT2D eigenvalue weighted by Gasteiger charge is 2.31. The average Bonchev–Trinajstić information content (AvgIpc) is 3.24. The summed E-state index contributed by atoms with van der Waals surface area (Å²) in [5.74, 6) is -0.252. The molecule has 0 spiro atoms. The number of carbonyl (C=O) groups excluding carboxylic acids is 1. The smallest absolute Gasteiger partial charge is 0.333 e. The molecule has 3 heterocycles. The van der Waals surface area contributed by atoms with E-state index < -0.39 is 29.9 Å². The summed E-state index contributed by atoms with van der Waals surface area (Å²) in [6.07, 6.45) is -0.762. The number of imidazole rings is 1. The molecule has 1 N–H and O–H groups in total. The van der Waals surface area contributed by atoms with Crippen LogP contribution in [0, 0.1) is 6.92 Å². The van der Waals surface area contributed by atoms with Gasteiger partial charge in [0.1, 0.15) is 13.2 Å². The summed E-state index contributed by atoms with van der Waals surface area (Å²) in [6.45, 7) is 1.92. The predicted octanol–water partition coefficient (Wildman–Crippen LogP) is 1.46. The Balaban J connectivity index is 1.54. The minimum absolute atomic E-state index is 0.0385.